The van der Waals surface area contributed by atoms with Gasteiger partial charge in [0.15, 0.2) is 6.61 Å². The van der Waals surface area contributed by atoms with E-state index in [4.69, 9.17) is 16.3 Å². The molecule has 1 aromatic rings. The molecule has 18 heavy (non-hydrogen) atoms. The van der Waals surface area contributed by atoms with Crippen molar-refractivity contribution in [2.45, 2.75) is 25.6 Å². The zero-order valence-corrected chi connectivity index (χ0v) is 11.6. The van der Waals surface area contributed by atoms with Gasteiger partial charge < -0.3 is 10.1 Å². The van der Waals surface area contributed by atoms with E-state index in [-0.39, 0.29) is 17.9 Å². The van der Waals surface area contributed by atoms with Crippen molar-refractivity contribution in [3.8, 4) is 5.75 Å². The minimum Gasteiger partial charge on any atom is -0.484 e. The fraction of sp³-hybridized carbons (Fsp3) is 0.500. The number of hydrogen-bond acceptors (Lipinski definition) is 2. The molecular weight excluding hydrogens is 250 g/mol. The first kappa shape index (κ1) is 14.8. The second kappa shape index (κ2) is 7.98. The van der Waals surface area contributed by atoms with Gasteiger partial charge in [0.25, 0.3) is 5.91 Å². The third kappa shape index (κ3) is 6.50. The number of rotatable bonds is 7. The molecular formula is C14H20ClNO2. The molecule has 0 aliphatic heterocycles. The molecule has 1 atom stereocenters. The third-order valence-electron chi connectivity index (χ3n) is 2.36. The van der Waals surface area contributed by atoms with Crippen LogP contribution < -0.4 is 10.1 Å². The molecule has 1 rings (SSSR count). The molecule has 0 aromatic heterocycles. The number of amides is 1. The van der Waals surface area contributed by atoms with E-state index in [1.807, 2.05) is 30.3 Å². The molecule has 3 nitrogen and oxygen atoms in total. The topological polar surface area (TPSA) is 38.3 Å². The average molecular weight is 270 g/mol. The molecule has 100 valence electrons. The summed E-state index contributed by atoms with van der Waals surface area (Å²) in [6.07, 6.45) is 0.890. The number of benzene rings is 1. The molecule has 0 fully saturated rings. The van der Waals surface area contributed by atoms with E-state index in [0.717, 1.165) is 6.42 Å². The summed E-state index contributed by atoms with van der Waals surface area (Å²) in [6, 6.07) is 9.26. The van der Waals surface area contributed by atoms with Crippen molar-refractivity contribution < 1.29 is 9.53 Å². The van der Waals surface area contributed by atoms with Gasteiger partial charge in [0.1, 0.15) is 5.75 Å². The summed E-state index contributed by atoms with van der Waals surface area (Å²) in [5.41, 5.74) is 0. The lowest BCUT2D eigenvalue weighted by atomic mass is 10.1. The average Bonchev–Trinajstić information content (AvgIpc) is 2.34. The second-order valence-corrected chi connectivity index (χ2v) is 5.25. The quantitative estimate of drug-likeness (QED) is 0.773. The van der Waals surface area contributed by atoms with Crippen LogP contribution in [-0.2, 0) is 4.79 Å². The van der Waals surface area contributed by atoms with Crippen LogP contribution in [0.15, 0.2) is 30.3 Å². The lowest BCUT2D eigenvalue weighted by Gasteiger charge is -2.13. The van der Waals surface area contributed by atoms with Crippen molar-refractivity contribution in [1.82, 2.24) is 5.32 Å². The van der Waals surface area contributed by atoms with Gasteiger partial charge in [-0.05, 0) is 24.5 Å². The summed E-state index contributed by atoms with van der Waals surface area (Å²) in [5.74, 6) is 1.08. The number of nitrogens with one attached hydrogen (secondary N) is 1. The largest absolute Gasteiger partial charge is 0.484 e. The van der Waals surface area contributed by atoms with Crippen LogP contribution in [0.1, 0.15) is 20.3 Å². The Balaban J connectivity index is 2.18. The second-order valence-electron chi connectivity index (χ2n) is 4.63. The molecule has 1 unspecified atom stereocenters. The van der Waals surface area contributed by atoms with E-state index in [9.17, 15) is 4.79 Å². The maximum Gasteiger partial charge on any atom is 0.257 e. The summed E-state index contributed by atoms with van der Waals surface area (Å²) in [5, 5.41) is 2.74. The minimum absolute atomic E-state index is 0.0225. The van der Waals surface area contributed by atoms with Crippen LogP contribution in [-0.4, -0.2) is 24.4 Å². The predicted molar refractivity (Wildman–Crippen MR) is 74.0 cm³/mol. The van der Waals surface area contributed by atoms with E-state index >= 15 is 0 Å². The van der Waals surface area contributed by atoms with Crippen molar-refractivity contribution in [2.75, 3.05) is 13.2 Å². The maximum absolute atomic E-state index is 11.5. The fourth-order valence-electron chi connectivity index (χ4n) is 1.54. The number of halogens is 1. The number of ether oxygens (including phenoxy) is 1. The Morgan fingerprint density at radius 3 is 2.61 bits per heavy atom. The van der Waals surface area contributed by atoms with Crippen LogP contribution in [0.5, 0.6) is 5.75 Å². The molecule has 1 amide bonds. The molecule has 0 aliphatic carbocycles. The Hall–Kier alpha value is -1.22. The van der Waals surface area contributed by atoms with E-state index in [2.05, 4.69) is 19.2 Å². The minimum atomic E-state index is -0.145. The maximum atomic E-state index is 11.5. The van der Waals surface area contributed by atoms with E-state index in [1.54, 1.807) is 0 Å². The van der Waals surface area contributed by atoms with Crippen LogP contribution >= 0.6 is 11.6 Å². The van der Waals surface area contributed by atoms with Crippen LogP contribution in [0.2, 0.25) is 0 Å². The molecule has 1 aromatic carbocycles. The SMILES string of the molecule is CC(C)CC(Cl)CNC(=O)COc1ccccc1. The van der Waals surface area contributed by atoms with Crippen LogP contribution in [0.3, 0.4) is 0 Å². The number of hydrogen-bond donors (Lipinski definition) is 1. The summed E-state index contributed by atoms with van der Waals surface area (Å²) < 4.78 is 5.33. The molecule has 1 N–H and O–H groups in total. The Bertz CT molecular complexity index is 354. The number of carbonyl (C=O) groups is 1. The number of para-hydroxylation sites is 1. The van der Waals surface area contributed by atoms with Crippen molar-refractivity contribution in [1.29, 1.82) is 0 Å². The number of alkyl halides is 1. The fourth-order valence-corrected chi connectivity index (χ4v) is 1.97. The summed E-state index contributed by atoms with van der Waals surface area (Å²) in [6.45, 7) is 4.72. The first-order valence-electron chi connectivity index (χ1n) is 6.16. The van der Waals surface area contributed by atoms with Crippen LogP contribution in [0.4, 0.5) is 0 Å². The van der Waals surface area contributed by atoms with Gasteiger partial charge in [-0.15, -0.1) is 11.6 Å². The van der Waals surface area contributed by atoms with Crippen molar-refractivity contribution in [3.63, 3.8) is 0 Å². The van der Waals surface area contributed by atoms with Gasteiger partial charge in [0.2, 0.25) is 0 Å². The lowest BCUT2D eigenvalue weighted by Crippen LogP contribution is -2.33. The molecule has 0 aliphatic rings. The van der Waals surface area contributed by atoms with Crippen molar-refractivity contribution in [2.24, 2.45) is 5.92 Å². The Labute approximate surface area is 113 Å². The van der Waals surface area contributed by atoms with Gasteiger partial charge in [-0.2, -0.15) is 0 Å². The first-order chi connectivity index (χ1) is 8.58. The third-order valence-corrected chi connectivity index (χ3v) is 2.69. The zero-order valence-electron chi connectivity index (χ0n) is 10.9. The van der Waals surface area contributed by atoms with Crippen molar-refractivity contribution in [3.05, 3.63) is 30.3 Å². The number of carbonyl (C=O) groups excluding carboxylic acids is 1. The summed E-state index contributed by atoms with van der Waals surface area (Å²) in [4.78, 5) is 11.5. The first-order valence-corrected chi connectivity index (χ1v) is 6.60. The standard InChI is InChI=1S/C14H20ClNO2/c1-11(2)8-12(15)9-16-14(17)10-18-13-6-4-3-5-7-13/h3-7,11-12H,8-10H2,1-2H3,(H,16,17). The van der Waals surface area contributed by atoms with E-state index in [1.165, 1.54) is 0 Å². The normalized spacial score (nSPS) is 12.2. The van der Waals surface area contributed by atoms with Gasteiger partial charge in [-0.25, -0.2) is 0 Å². The summed E-state index contributed by atoms with van der Waals surface area (Å²) >= 11 is 6.08. The Morgan fingerprint density at radius 1 is 1.33 bits per heavy atom. The van der Waals surface area contributed by atoms with Gasteiger partial charge in [0.05, 0.1) is 5.38 Å². The molecule has 0 saturated heterocycles. The highest BCUT2D eigenvalue weighted by Gasteiger charge is 2.09. The lowest BCUT2D eigenvalue weighted by molar-refractivity contribution is -0.123. The van der Waals surface area contributed by atoms with Gasteiger partial charge in [-0.3, -0.25) is 4.79 Å². The Kier molecular flexibility index (Phi) is 6.58. The van der Waals surface area contributed by atoms with E-state index < -0.39 is 0 Å². The zero-order chi connectivity index (χ0) is 13.4. The highest BCUT2D eigenvalue weighted by Crippen LogP contribution is 2.10. The molecule has 0 saturated carbocycles. The van der Waals surface area contributed by atoms with E-state index in [0.29, 0.717) is 18.2 Å². The monoisotopic (exact) mass is 269 g/mol. The summed E-state index contributed by atoms with van der Waals surface area (Å²) in [7, 11) is 0. The highest BCUT2D eigenvalue weighted by molar-refractivity contribution is 6.20. The van der Waals surface area contributed by atoms with Gasteiger partial charge >= 0.3 is 0 Å². The van der Waals surface area contributed by atoms with Gasteiger partial charge in [0, 0.05) is 6.54 Å². The Morgan fingerprint density at radius 2 is 2.00 bits per heavy atom. The van der Waals surface area contributed by atoms with Crippen LogP contribution in [0.25, 0.3) is 0 Å². The molecule has 0 radical (unpaired) electrons. The molecule has 4 heteroatoms. The molecule has 0 spiro atoms. The predicted octanol–water partition coefficient (Wildman–Crippen LogP) is 2.84. The smallest absolute Gasteiger partial charge is 0.257 e. The molecule has 0 heterocycles. The molecule has 0 bridgehead atoms. The van der Waals surface area contributed by atoms with Crippen LogP contribution in [0, 0.1) is 5.92 Å². The van der Waals surface area contributed by atoms with Gasteiger partial charge in [-0.1, -0.05) is 32.0 Å². The van der Waals surface area contributed by atoms with Crippen molar-refractivity contribution >= 4 is 17.5 Å². The highest BCUT2D eigenvalue weighted by atomic mass is 35.5.